The van der Waals surface area contributed by atoms with Crippen molar-refractivity contribution in [3.8, 4) is 0 Å². The third kappa shape index (κ3) is 2.89. The van der Waals surface area contributed by atoms with Gasteiger partial charge < -0.3 is 5.11 Å². The van der Waals surface area contributed by atoms with Gasteiger partial charge in [0.05, 0.1) is 19.1 Å². The molecule has 0 radical (unpaired) electrons. The molecule has 5 heteroatoms. The van der Waals surface area contributed by atoms with Gasteiger partial charge in [0.25, 0.3) is 5.91 Å². The quantitative estimate of drug-likeness (QED) is 0.910. The largest absolute Gasteiger partial charge is 0.389 e. The first-order valence-corrected chi connectivity index (χ1v) is 7.07. The zero-order valence-electron chi connectivity index (χ0n) is 11.6. The number of amides is 1. The second-order valence-corrected chi connectivity index (χ2v) is 5.33. The number of nitrogens with zero attached hydrogens (tertiary/aromatic N) is 1. The topological polar surface area (TPSA) is 66.8 Å². The third-order valence-corrected chi connectivity index (χ3v) is 3.83. The molecule has 3 rings (SSSR count). The molecular formula is C16H17NO4. The van der Waals surface area contributed by atoms with E-state index in [1.54, 1.807) is 0 Å². The molecule has 0 spiro atoms. The Bertz CT molecular complexity index is 594. The molecule has 0 saturated carbocycles. The molecule has 1 aliphatic heterocycles. The van der Waals surface area contributed by atoms with Crippen LogP contribution in [0.15, 0.2) is 35.9 Å². The van der Waals surface area contributed by atoms with Gasteiger partial charge in [-0.1, -0.05) is 30.3 Å². The van der Waals surface area contributed by atoms with E-state index >= 15 is 0 Å². The Morgan fingerprint density at radius 1 is 1.29 bits per heavy atom. The van der Waals surface area contributed by atoms with Crippen molar-refractivity contribution in [1.82, 2.24) is 5.06 Å². The molecule has 1 aliphatic carbocycles. The zero-order valence-corrected chi connectivity index (χ0v) is 11.6. The molecule has 0 aromatic heterocycles. The van der Waals surface area contributed by atoms with Crippen LogP contribution in [-0.4, -0.2) is 41.1 Å². The molecule has 1 N–H and O–H groups in total. The molecule has 21 heavy (non-hydrogen) atoms. The molecule has 1 fully saturated rings. The highest BCUT2D eigenvalue weighted by molar-refractivity contribution is 6.10. The maximum Gasteiger partial charge on any atom is 0.250 e. The Hall–Kier alpha value is -1.98. The molecule has 1 saturated heterocycles. The van der Waals surface area contributed by atoms with E-state index in [2.05, 4.69) is 0 Å². The molecule has 1 unspecified atom stereocenters. The molecule has 1 heterocycles. The van der Waals surface area contributed by atoms with E-state index in [1.807, 2.05) is 30.3 Å². The summed E-state index contributed by atoms with van der Waals surface area (Å²) >= 11 is 0. The molecule has 5 nitrogen and oxygen atoms in total. The smallest absolute Gasteiger partial charge is 0.250 e. The van der Waals surface area contributed by atoms with Crippen molar-refractivity contribution in [2.24, 2.45) is 0 Å². The van der Waals surface area contributed by atoms with Crippen LogP contribution >= 0.6 is 0 Å². The van der Waals surface area contributed by atoms with E-state index < -0.39 is 6.10 Å². The molecule has 1 aromatic rings. The van der Waals surface area contributed by atoms with Crippen molar-refractivity contribution in [2.45, 2.75) is 25.4 Å². The van der Waals surface area contributed by atoms with Crippen molar-refractivity contribution in [3.05, 3.63) is 41.5 Å². The fourth-order valence-electron chi connectivity index (χ4n) is 2.76. The van der Waals surface area contributed by atoms with Gasteiger partial charge in [-0.05, 0) is 17.6 Å². The van der Waals surface area contributed by atoms with Crippen LogP contribution in [0.1, 0.15) is 24.8 Å². The van der Waals surface area contributed by atoms with Crippen molar-refractivity contribution in [1.29, 1.82) is 0 Å². The van der Waals surface area contributed by atoms with Crippen LogP contribution in [0, 0.1) is 0 Å². The van der Waals surface area contributed by atoms with Crippen molar-refractivity contribution < 1.29 is 19.5 Å². The van der Waals surface area contributed by atoms with Crippen LogP contribution in [0.3, 0.4) is 0 Å². The van der Waals surface area contributed by atoms with Crippen molar-refractivity contribution in [3.63, 3.8) is 0 Å². The summed E-state index contributed by atoms with van der Waals surface area (Å²) in [5, 5.41) is 10.6. The summed E-state index contributed by atoms with van der Waals surface area (Å²) in [6.45, 7) is 0.297. The minimum atomic E-state index is -0.643. The number of hydroxylamine groups is 2. The van der Waals surface area contributed by atoms with Crippen molar-refractivity contribution in [2.75, 3.05) is 13.2 Å². The molecule has 0 bridgehead atoms. The Morgan fingerprint density at radius 2 is 2.05 bits per heavy atom. The van der Waals surface area contributed by atoms with Gasteiger partial charge in [-0.15, -0.1) is 0 Å². The predicted octanol–water partition coefficient (Wildman–Crippen LogP) is 1.33. The zero-order chi connectivity index (χ0) is 14.8. The van der Waals surface area contributed by atoms with Crippen LogP contribution in [0.5, 0.6) is 0 Å². The monoisotopic (exact) mass is 287 g/mol. The Labute approximate surface area is 122 Å². The highest BCUT2D eigenvalue weighted by Gasteiger charge is 2.31. The molecule has 1 aromatic carbocycles. The highest BCUT2D eigenvalue weighted by atomic mass is 16.7. The second kappa shape index (κ2) is 5.79. The van der Waals surface area contributed by atoms with E-state index in [0.717, 1.165) is 16.2 Å². The number of aliphatic hydroxyl groups is 1. The summed E-state index contributed by atoms with van der Waals surface area (Å²) in [5.41, 5.74) is 2.53. The lowest BCUT2D eigenvalue weighted by Gasteiger charge is -2.14. The molecular weight excluding hydrogens is 270 g/mol. The fraction of sp³-hybridized carbons (Fsp3) is 0.375. The maximum atomic E-state index is 12.2. The lowest BCUT2D eigenvalue weighted by molar-refractivity contribution is -0.168. The van der Waals surface area contributed by atoms with Crippen LogP contribution in [0.4, 0.5) is 0 Å². The summed E-state index contributed by atoms with van der Waals surface area (Å²) in [7, 11) is 0. The van der Waals surface area contributed by atoms with Gasteiger partial charge in [0.1, 0.15) is 6.61 Å². The first-order chi connectivity index (χ1) is 10.1. The van der Waals surface area contributed by atoms with Gasteiger partial charge in [0, 0.05) is 12.0 Å². The fourth-order valence-corrected chi connectivity index (χ4v) is 2.76. The summed E-state index contributed by atoms with van der Waals surface area (Å²) < 4.78 is 0. The van der Waals surface area contributed by atoms with E-state index in [0.29, 0.717) is 18.4 Å². The maximum absolute atomic E-state index is 12.2. The van der Waals surface area contributed by atoms with Gasteiger partial charge >= 0.3 is 0 Å². The second-order valence-electron chi connectivity index (χ2n) is 5.33. The predicted molar refractivity (Wildman–Crippen MR) is 75.9 cm³/mol. The number of hydrogen-bond acceptors (Lipinski definition) is 4. The average Bonchev–Trinajstić information content (AvgIpc) is 3.07. The van der Waals surface area contributed by atoms with Gasteiger partial charge in [-0.25, -0.2) is 5.06 Å². The normalized spacial score (nSPS) is 22.2. The summed E-state index contributed by atoms with van der Waals surface area (Å²) in [6.07, 6.45) is 0.525. The third-order valence-electron chi connectivity index (χ3n) is 3.83. The minimum Gasteiger partial charge on any atom is -0.389 e. The van der Waals surface area contributed by atoms with E-state index in [-0.39, 0.29) is 31.3 Å². The van der Waals surface area contributed by atoms with Crippen LogP contribution in [-0.2, 0) is 14.4 Å². The van der Waals surface area contributed by atoms with Crippen LogP contribution in [0.2, 0.25) is 0 Å². The van der Waals surface area contributed by atoms with E-state index in [4.69, 9.17) is 4.84 Å². The van der Waals surface area contributed by atoms with Gasteiger partial charge in [0.15, 0.2) is 5.78 Å². The Morgan fingerprint density at radius 3 is 2.71 bits per heavy atom. The molecule has 1 amide bonds. The number of ketones is 1. The summed E-state index contributed by atoms with van der Waals surface area (Å²) in [4.78, 5) is 29.3. The standard InChI is InChI=1S/C16H17NO4/c18-12-9-17(21-10-12)16(20)8-14-13(6-7-15(14)19)11-4-2-1-3-5-11/h1-5,12,18H,6-10H2. The number of Topliss-reactive ketones (excluding diaryl/α,β-unsaturated/α-hetero) is 1. The van der Waals surface area contributed by atoms with Gasteiger partial charge in [-0.2, -0.15) is 0 Å². The summed E-state index contributed by atoms with van der Waals surface area (Å²) in [6, 6.07) is 9.67. The van der Waals surface area contributed by atoms with Gasteiger partial charge in [0.2, 0.25) is 0 Å². The average molecular weight is 287 g/mol. The SMILES string of the molecule is O=C1CCC(c2ccccc2)=C1CC(=O)N1CC(O)CO1. The number of rotatable bonds is 3. The number of hydrogen-bond donors (Lipinski definition) is 1. The number of allylic oxidation sites excluding steroid dienone is 1. The highest BCUT2D eigenvalue weighted by Crippen LogP contribution is 2.33. The number of aliphatic hydroxyl groups excluding tert-OH is 1. The van der Waals surface area contributed by atoms with E-state index in [1.165, 1.54) is 0 Å². The first-order valence-electron chi connectivity index (χ1n) is 7.07. The molecule has 1 atom stereocenters. The van der Waals surface area contributed by atoms with Gasteiger partial charge in [-0.3, -0.25) is 14.4 Å². The first kappa shape index (κ1) is 14.0. The minimum absolute atomic E-state index is 0.0296. The van der Waals surface area contributed by atoms with Crippen LogP contribution in [0.25, 0.3) is 5.57 Å². The number of β-amino-alcohol motifs (C(OH)–C–C–N with tert-alkyl or cyclic N) is 1. The Kier molecular flexibility index (Phi) is 3.86. The van der Waals surface area contributed by atoms with Crippen LogP contribution < -0.4 is 0 Å². The lowest BCUT2D eigenvalue weighted by Crippen LogP contribution is -2.29. The van der Waals surface area contributed by atoms with Crippen molar-refractivity contribution >= 4 is 17.3 Å². The Balaban J connectivity index is 1.81. The molecule has 110 valence electrons. The summed E-state index contributed by atoms with van der Waals surface area (Å²) in [5.74, 6) is -0.243. The number of carbonyl (C=O) groups excluding carboxylic acids is 2. The van der Waals surface area contributed by atoms with E-state index in [9.17, 15) is 14.7 Å². The number of carbonyl (C=O) groups is 2. The molecule has 2 aliphatic rings. The number of benzene rings is 1. The lowest BCUT2D eigenvalue weighted by atomic mass is 10.00.